The largest absolute Gasteiger partial charge is 0.496 e. The Bertz CT molecular complexity index is 523. The number of rotatable bonds is 4. The van der Waals surface area contributed by atoms with Crippen molar-refractivity contribution in [2.24, 2.45) is 5.73 Å². The van der Waals surface area contributed by atoms with Crippen LogP contribution in [0.25, 0.3) is 0 Å². The molecule has 1 aromatic heterocycles. The summed E-state index contributed by atoms with van der Waals surface area (Å²) in [6, 6.07) is 6.52. The number of methoxy groups -OCH3 is 1. The van der Waals surface area contributed by atoms with Crippen LogP contribution in [0, 0.1) is 5.82 Å². The molecular weight excluding hydrogens is 317 g/mol. The number of ether oxygens (including phenoxy) is 1. The Balaban J connectivity index is 2.18. The van der Waals surface area contributed by atoms with Gasteiger partial charge in [-0.15, -0.1) is 11.3 Å². The SMILES string of the molecule is COc1ccsc1C(N)Cc1cc(F)cc(Br)c1. The second-order valence-corrected chi connectivity index (χ2v) is 5.80. The third-order valence-corrected chi connectivity index (χ3v) is 4.08. The number of thiophene rings is 1. The number of benzene rings is 1. The van der Waals surface area contributed by atoms with E-state index in [0.29, 0.717) is 6.42 Å². The van der Waals surface area contributed by atoms with E-state index >= 15 is 0 Å². The van der Waals surface area contributed by atoms with Gasteiger partial charge in [-0.1, -0.05) is 15.9 Å². The molecule has 0 amide bonds. The highest BCUT2D eigenvalue weighted by Gasteiger charge is 2.14. The lowest BCUT2D eigenvalue weighted by molar-refractivity contribution is 0.409. The molecule has 0 aliphatic rings. The van der Waals surface area contributed by atoms with Crippen molar-refractivity contribution in [3.8, 4) is 5.75 Å². The summed E-state index contributed by atoms with van der Waals surface area (Å²) < 4.78 is 19.2. The Labute approximate surface area is 118 Å². The van der Waals surface area contributed by atoms with Crippen LogP contribution in [0.4, 0.5) is 4.39 Å². The van der Waals surface area contributed by atoms with Gasteiger partial charge in [0.1, 0.15) is 11.6 Å². The zero-order valence-corrected chi connectivity index (χ0v) is 12.2. The van der Waals surface area contributed by atoms with Gasteiger partial charge in [0.2, 0.25) is 0 Å². The summed E-state index contributed by atoms with van der Waals surface area (Å²) in [6.45, 7) is 0. The van der Waals surface area contributed by atoms with Gasteiger partial charge in [-0.2, -0.15) is 0 Å². The molecule has 0 radical (unpaired) electrons. The minimum absolute atomic E-state index is 0.186. The van der Waals surface area contributed by atoms with E-state index in [0.717, 1.165) is 20.7 Å². The lowest BCUT2D eigenvalue weighted by Gasteiger charge is -2.12. The maximum atomic E-state index is 13.3. The molecule has 0 bridgehead atoms. The monoisotopic (exact) mass is 329 g/mol. The molecule has 18 heavy (non-hydrogen) atoms. The average molecular weight is 330 g/mol. The third-order valence-electron chi connectivity index (χ3n) is 2.59. The maximum absolute atomic E-state index is 13.3. The van der Waals surface area contributed by atoms with Gasteiger partial charge < -0.3 is 10.5 Å². The van der Waals surface area contributed by atoms with Crippen molar-refractivity contribution in [2.45, 2.75) is 12.5 Å². The fourth-order valence-corrected chi connectivity index (χ4v) is 3.20. The van der Waals surface area contributed by atoms with Gasteiger partial charge in [0, 0.05) is 10.5 Å². The van der Waals surface area contributed by atoms with Crippen molar-refractivity contribution in [2.75, 3.05) is 7.11 Å². The molecule has 0 saturated heterocycles. The van der Waals surface area contributed by atoms with Gasteiger partial charge in [0.15, 0.2) is 0 Å². The average Bonchev–Trinajstić information content (AvgIpc) is 2.75. The van der Waals surface area contributed by atoms with Gasteiger partial charge in [0.05, 0.1) is 12.0 Å². The highest BCUT2D eigenvalue weighted by molar-refractivity contribution is 9.10. The number of nitrogens with two attached hydrogens (primary N) is 1. The molecule has 0 fully saturated rings. The van der Waals surface area contributed by atoms with Gasteiger partial charge in [-0.25, -0.2) is 4.39 Å². The van der Waals surface area contributed by atoms with Crippen LogP contribution in [0.1, 0.15) is 16.5 Å². The molecule has 1 unspecified atom stereocenters. The molecule has 96 valence electrons. The summed E-state index contributed by atoms with van der Waals surface area (Å²) in [5, 5.41) is 1.94. The van der Waals surface area contributed by atoms with Crippen molar-refractivity contribution < 1.29 is 9.13 Å². The molecule has 1 aromatic carbocycles. The smallest absolute Gasteiger partial charge is 0.134 e. The summed E-state index contributed by atoms with van der Waals surface area (Å²) in [7, 11) is 1.62. The lowest BCUT2D eigenvalue weighted by Crippen LogP contribution is -2.12. The van der Waals surface area contributed by atoms with E-state index in [1.807, 2.05) is 17.5 Å². The predicted octanol–water partition coefficient (Wildman–Crippen LogP) is 3.90. The van der Waals surface area contributed by atoms with Gasteiger partial charge in [0.25, 0.3) is 0 Å². The van der Waals surface area contributed by atoms with Crippen LogP contribution in [0.2, 0.25) is 0 Å². The first-order valence-electron chi connectivity index (χ1n) is 5.42. The minimum Gasteiger partial charge on any atom is -0.496 e. The van der Waals surface area contributed by atoms with Crippen LogP contribution in [0.3, 0.4) is 0 Å². The first kappa shape index (κ1) is 13.5. The third kappa shape index (κ3) is 3.10. The van der Waals surface area contributed by atoms with Crippen molar-refractivity contribution in [1.29, 1.82) is 0 Å². The van der Waals surface area contributed by atoms with Crippen molar-refractivity contribution in [3.63, 3.8) is 0 Å². The maximum Gasteiger partial charge on any atom is 0.134 e. The van der Waals surface area contributed by atoms with Crippen LogP contribution >= 0.6 is 27.3 Å². The van der Waals surface area contributed by atoms with Crippen LogP contribution in [-0.2, 0) is 6.42 Å². The fourth-order valence-electron chi connectivity index (χ4n) is 1.82. The van der Waals surface area contributed by atoms with Crippen LogP contribution in [-0.4, -0.2) is 7.11 Å². The zero-order valence-electron chi connectivity index (χ0n) is 9.82. The van der Waals surface area contributed by atoms with Gasteiger partial charge >= 0.3 is 0 Å². The Morgan fingerprint density at radius 1 is 1.44 bits per heavy atom. The highest BCUT2D eigenvalue weighted by atomic mass is 79.9. The molecule has 2 nitrogen and oxygen atoms in total. The Morgan fingerprint density at radius 2 is 2.22 bits per heavy atom. The molecule has 0 aliphatic heterocycles. The second-order valence-electron chi connectivity index (χ2n) is 3.94. The van der Waals surface area contributed by atoms with E-state index in [-0.39, 0.29) is 11.9 Å². The van der Waals surface area contributed by atoms with E-state index < -0.39 is 0 Å². The van der Waals surface area contributed by atoms with E-state index in [1.165, 1.54) is 12.1 Å². The Kier molecular flexibility index (Phi) is 4.37. The molecular formula is C13H13BrFNOS. The first-order chi connectivity index (χ1) is 8.60. The molecule has 1 atom stereocenters. The van der Waals surface area contributed by atoms with E-state index in [2.05, 4.69) is 15.9 Å². The van der Waals surface area contributed by atoms with Crippen molar-refractivity contribution >= 4 is 27.3 Å². The van der Waals surface area contributed by atoms with Crippen LogP contribution < -0.4 is 10.5 Å². The zero-order chi connectivity index (χ0) is 13.1. The minimum atomic E-state index is -0.260. The molecule has 0 saturated carbocycles. The molecule has 1 heterocycles. The molecule has 5 heteroatoms. The molecule has 0 spiro atoms. The first-order valence-corrected chi connectivity index (χ1v) is 7.09. The summed E-state index contributed by atoms with van der Waals surface area (Å²) in [5.41, 5.74) is 7.01. The summed E-state index contributed by atoms with van der Waals surface area (Å²) in [5.74, 6) is 0.535. The lowest BCUT2D eigenvalue weighted by atomic mass is 10.1. The van der Waals surface area contributed by atoms with Crippen LogP contribution in [0.15, 0.2) is 34.1 Å². The molecule has 2 N–H and O–H groups in total. The Hall–Kier alpha value is -0.910. The van der Waals surface area contributed by atoms with Gasteiger partial charge in [-0.3, -0.25) is 0 Å². The standard InChI is InChI=1S/C13H13BrFNOS/c1-17-12-2-3-18-13(12)11(16)6-8-4-9(14)7-10(15)5-8/h2-5,7,11H,6,16H2,1H3. The predicted molar refractivity (Wildman–Crippen MR) is 75.6 cm³/mol. The molecule has 2 aromatic rings. The van der Waals surface area contributed by atoms with E-state index in [1.54, 1.807) is 18.4 Å². The second kappa shape index (κ2) is 5.82. The summed E-state index contributed by atoms with van der Waals surface area (Å²) >= 11 is 4.83. The van der Waals surface area contributed by atoms with Crippen molar-refractivity contribution in [3.05, 3.63) is 50.4 Å². The fraction of sp³-hybridized carbons (Fsp3) is 0.231. The summed E-state index contributed by atoms with van der Waals surface area (Å²) in [6.07, 6.45) is 0.577. The number of halogens is 2. The Morgan fingerprint density at radius 3 is 2.89 bits per heavy atom. The van der Waals surface area contributed by atoms with E-state index in [9.17, 15) is 4.39 Å². The van der Waals surface area contributed by atoms with Gasteiger partial charge in [-0.05, 0) is 41.6 Å². The topological polar surface area (TPSA) is 35.2 Å². The van der Waals surface area contributed by atoms with E-state index in [4.69, 9.17) is 10.5 Å². The number of hydrogen-bond donors (Lipinski definition) is 1. The summed E-state index contributed by atoms with van der Waals surface area (Å²) in [4.78, 5) is 0.984. The van der Waals surface area contributed by atoms with Crippen molar-refractivity contribution in [1.82, 2.24) is 0 Å². The quantitative estimate of drug-likeness (QED) is 0.923. The highest BCUT2D eigenvalue weighted by Crippen LogP contribution is 2.31. The molecule has 0 aliphatic carbocycles. The van der Waals surface area contributed by atoms with Crippen LogP contribution in [0.5, 0.6) is 5.75 Å². The molecule has 2 rings (SSSR count). The normalized spacial score (nSPS) is 12.4. The number of hydrogen-bond acceptors (Lipinski definition) is 3.